The molecule has 1 aliphatic rings. The maximum Gasteiger partial charge on any atom is 0.191 e. The van der Waals surface area contributed by atoms with E-state index >= 15 is 0 Å². The second kappa shape index (κ2) is 10.5. The summed E-state index contributed by atoms with van der Waals surface area (Å²) >= 11 is 0. The molecule has 6 heteroatoms. The molecule has 0 amide bonds. The predicted molar refractivity (Wildman–Crippen MR) is 115 cm³/mol. The molecule has 0 bridgehead atoms. The van der Waals surface area contributed by atoms with Crippen LogP contribution in [0, 0.1) is 0 Å². The van der Waals surface area contributed by atoms with Crippen LogP contribution < -0.4 is 15.5 Å². The maximum absolute atomic E-state index is 5.46. The maximum atomic E-state index is 5.46. The summed E-state index contributed by atoms with van der Waals surface area (Å²) in [6, 6.07) is 8.79. The average molecular weight is 376 g/mol. The average Bonchev–Trinajstić information content (AvgIpc) is 2.68. The van der Waals surface area contributed by atoms with E-state index in [9.17, 15) is 0 Å². The first-order valence-electron chi connectivity index (χ1n) is 9.96. The lowest BCUT2D eigenvalue weighted by Gasteiger charge is -2.41. The second-order valence-corrected chi connectivity index (χ2v) is 7.93. The van der Waals surface area contributed by atoms with Gasteiger partial charge in [-0.2, -0.15) is 0 Å². The molecule has 1 aromatic rings. The number of aliphatic imine (C=N–C) groups is 1. The molecule has 1 saturated heterocycles. The zero-order valence-electron chi connectivity index (χ0n) is 17.7. The lowest BCUT2D eigenvalue weighted by atomic mass is 10.0. The first-order valence-corrected chi connectivity index (χ1v) is 9.96. The van der Waals surface area contributed by atoms with E-state index in [4.69, 9.17) is 4.74 Å². The zero-order chi connectivity index (χ0) is 19.7. The van der Waals surface area contributed by atoms with E-state index in [1.165, 1.54) is 11.3 Å². The molecule has 1 aromatic carbocycles. The van der Waals surface area contributed by atoms with Crippen molar-refractivity contribution >= 4 is 11.6 Å². The Balaban J connectivity index is 1.69. The summed E-state index contributed by atoms with van der Waals surface area (Å²) in [7, 11) is 5.97. The number of anilines is 1. The Morgan fingerprint density at radius 3 is 2.41 bits per heavy atom. The second-order valence-electron chi connectivity index (χ2n) is 7.93. The van der Waals surface area contributed by atoms with Crippen LogP contribution in [-0.2, 0) is 11.2 Å². The number of guanidine groups is 1. The normalized spacial score (nSPS) is 16.3. The number of morpholine rings is 1. The molecule has 0 spiro atoms. The minimum absolute atomic E-state index is 0.0790. The van der Waals surface area contributed by atoms with Crippen LogP contribution in [-0.4, -0.2) is 76.9 Å². The number of nitrogens with zero attached hydrogens (tertiary/aromatic N) is 3. The highest BCUT2D eigenvalue weighted by Crippen LogP contribution is 2.15. The first-order chi connectivity index (χ1) is 12.9. The number of rotatable bonds is 8. The van der Waals surface area contributed by atoms with E-state index in [1.54, 1.807) is 0 Å². The highest BCUT2D eigenvalue weighted by Gasteiger charge is 2.28. The molecule has 0 saturated carbocycles. The minimum atomic E-state index is 0.0790. The Bertz CT molecular complexity index is 577. The summed E-state index contributed by atoms with van der Waals surface area (Å²) in [6.45, 7) is 9.95. The molecule has 0 aromatic heterocycles. The third kappa shape index (κ3) is 7.03. The van der Waals surface area contributed by atoms with Crippen molar-refractivity contribution in [3.05, 3.63) is 29.8 Å². The molecule has 2 N–H and O–H groups in total. The van der Waals surface area contributed by atoms with Gasteiger partial charge in [-0.1, -0.05) is 12.1 Å². The van der Waals surface area contributed by atoms with Crippen LogP contribution in [0.2, 0.25) is 0 Å². The van der Waals surface area contributed by atoms with Gasteiger partial charge in [-0.3, -0.25) is 9.89 Å². The van der Waals surface area contributed by atoms with Gasteiger partial charge in [-0.05, 0) is 44.4 Å². The van der Waals surface area contributed by atoms with Crippen LogP contribution in [0.15, 0.2) is 29.3 Å². The van der Waals surface area contributed by atoms with Gasteiger partial charge in [0.15, 0.2) is 5.96 Å². The topological polar surface area (TPSA) is 52.1 Å². The largest absolute Gasteiger partial charge is 0.379 e. The standard InChI is InChI=1S/C21H37N5O/c1-21(2,26-13-15-27-16-14-26)17-24-20(22-3)23-12-6-7-18-8-10-19(11-9-18)25(4)5/h8-11H,6-7,12-17H2,1-5H3,(H2,22,23,24). The summed E-state index contributed by atoms with van der Waals surface area (Å²) in [6.07, 6.45) is 2.14. The van der Waals surface area contributed by atoms with Gasteiger partial charge in [0.05, 0.1) is 13.2 Å². The SMILES string of the molecule is CN=C(NCCCc1ccc(N(C)C)cc1)NCC(C)(C)N1CCOCC1. The Kier molecular flexibility index (Phi) is 8.38. The van der Waals surface area contributed by atoms with Gasteiger partial charge in [-0.25, -0.2) is 0 Å². The lowest BCUT2D eigenvalue weighted by molar-refractivity contribution is -0.00833. The molecule has 0 atom stereocenters. The molecule has 0 radical (unpaired) electrons. The predicted octanol–water partition coefficient (Wildman–Crippen LogP) is 1.96. The molecule has 0 unspecified atom stereocenters. The molecule has 6 nitrogen and oxygen atoms in total. The highest BCUT2D eigenvalue weighted by atomic mass is 16.5. The monoisotopic (exact) mass is 375 g/mol. The van der Waals surface area contributed by atoms with Crippen molar-refractivity contribution < 1.29 is 4.74 Å². The van der Waals surface area contributed by atoms with Crippen LogP contribution in [0.4, 0.5) is 5.69 Å². The minimum Gasteiger partial charge on any atom is -0.379 e. The van der Waals surface area contributed by atoms with Gasteiger partial charge in [0.2, 0.25) is 0 Å². The van der Waals surface area contributed by atoms with Crippen LogP contribution in [0.25, 0.3) is 0 Å². The van der Waals surface area contributed by atoms with Crippen LogP contribution >= 0.6 is 0 Å². The Hall–Kier alpha value is -1.79. The van der Waals surface area contributed by atoms with Gasteiger partial charge in [-0.15, -0.1) is 0 Å². The van der Waals surface area contributed by atoms with Crippen LogP contribution in [0.3, 0.4) is 0 Å². The molecular weight excluding hydrogens is 338 g/mol. The zero-order valence-corrected chi connectivity index (χ0v) is 17.7. The van der Waals surface area contributed by atoms with Gasteiger partial charge >= 0.3 is 0 Å². The van der Waals surface area contributed by atoms with E-state index in [-0.39, 0.29) is 5.54 Å². The third-order valence-electron chi connectivity index (χ3n) is 5.17. The van der Waals surface area contributed by atoms with Crippen molar-refractivity contribution in [2.24, 2.45) is 4.99 Å². The lowest BCUT2D eigenvalue weighted by Crippen LogP contribution is -2.56. The highest BCUT2D eigenvalue weighted by molar-refractivity contribution is 5.79. The van der Waals surface area contributed by atoms with Crippen molar-refractivity contribution in [3.63, 3.8) is 0 Å². The molecule has 1 heterocycles. The van der Waals surface area contributed by atoms with Crippen molar-refractivity contribution in [2.75, 3.05) is 65.4 Å². The van der Waals surface area contributed by atoms with Crippen LogP contribution in [0.1, 0.15) is 25.8 Å². The number of hydrogen-bond donors (Lipinski definition) is 2. The summed E-state index contributed by atoms with van der Waals surface area (Å²) < 4.78 is 5.46. The smallest absolute Gasteiger partial charge is 0.191 e. The fourth-order valence-electron chi connectivity index (χ4n) is 3.26. The quantitative estimate of drug-likeness (QED) is 0.413. The van der Waals surface area contributed by atoms with Gasteiger partial charge in [0, 0.05) is 58.5 Å². The van der Waals surface area contributed by atoms with E-state index in [1.807, 2.05) is 7.05 Å². The summed E-state index contributed by atoms with van der Waals surface area (Å²) in [4.78, 5) is 8.96. The van der Waals surface area contributed by atoms with E-state index in [0.29, 0.717) is 0 Å². The van der Waals surface area contributed by atoms with Crippen LogP contribution in [0.5, 0.6) is 0 Å². The molecule has 152 valence electrons. The van der Waals surface area contributed by atoms with Crippen molar-refractivity contribution in [2.45, 2.75) is 32.2 Å². The molecule has 2 rings (SSSR count). The third-order valence-corrected chi connectivity index (χ3v) is 5.17. The van der Waals surface area contributed by atoms with E-state index < -0.39 is 0 Å². The Labute approximate surface area is 165 Å². The fourth-order valence-corrected chi connectivity index (χ4v) is 3.26. The van der Waals surface area contributed by atoms with Crippen molar-refractivity contribution in [1.82, 2.24) is 15.5 Å². The molecule has 0 aliphatic carbocycles. The molecule has 27 heavy (non-hydrogen) atoms. The summed E-state index contributed by atoms with van der Waals surface area (Å²) in [5.41, 5.74) is 2.69. The van der Waals surface area contributed by atoms with Gasteiger partial charge < -0.3 is 20.3 Å². The number of benzene rings is 1. The number of nitrogens with one attached hydrogen (secondary N) is 2. The number of hydrogen-bond acceptors (Lipinski definition) is 4. The Morgan fingerprint density at radius 1 is 1.15 bits per heavy atom. The number of ether oxygens (including phenoxy) is 1. The Morgan fingerprint density at radius 2 is 1.81 bits per heavy atom. The summed E-state index contributed by atoms with van der Waals surface area (Å²) in [5, 5.41) is 6.91. The number of aryl methyl sites for hydroxylation is 1. The van der Waals surface area contributed by atoms with Gasteiger partial charge in [0.1, 0.15) is 0 Å². The van der Waals surface area contributed by atoms with Crippen molar-refractivity contribution in [3.8, 4) is 0 Å². The summed E-state index contributed by atoms with van der Waals surface area (Å²) in [5.74, 6) is 0.874. The molecular formula is C21H37N5O. The fraction of sp³-hybridized carbons (Fsp3) is 0.667. The van der Waals surface area contributed by atoms with E-state index in [0.717, 1.165) is 58.2 Å². The van der Waals surface area contributed by atoms with Gasteiger partial charge in [0.25, 0.3) is 0 Å². The molecule has 1 aliphatic heterocycles. The van der Waals surface area contributed by atoms with Crippen molar-refractivity contribution in [1.29, 1.82) is 0 Å². The van der Waals surface area contributed by atoms with E-state index in [2.05, 4.69) is 77.6 Å². The first kappa shape index (κ1) is 21.5. The molecule has 1 fully saturated rings.